The fourth-order valence-electron chi connectivity index (χ4n) is 2.41. The Balaban J connectivity index is 1.94. The number of para-hydroxylation sites is 2. The third kappa shape index (κ3) is 3.78. The third-order valence-electron chi connectivity index (χ3n) is 3.58. The van der Waals surface area contributed by atoms with Gasteiger partial charge in [-0.3, -0.25) is 9.36 Å². The first-order chi connectivity index (χ1) is 12.2. The van der Waals surface area contributed by atoms with E-state index in [1.165, 1.54) is 11.8 Å². The summed E-state index contributed by atoms with van der Waals surface area (Å²) in [5.74, 6) is 3.32. The van der Waals surface area contributed by atoms with Crippen molar-refractivity contribution >= 4 is 28.7 Å². The van der Waals surface area contributed by atoms with Crippen molar-refractivity contribution in [1.29, 1.82) is 0 Å². The van der Waals surface area contributed by atoms with Gasteiger partial charge in [-0.2, -0.15) is 0 Å². The molecule has 126 valence electrons. The van der Waals surface area contributed by atoms with Crippen LogP contribution < -0.4 is 10.1 Å². The molecule has 0 saturated heterocycles. The lowest BCUT2D eigenvalue weighted by Gasteiger charge is -2.10. The molecule has 0 aliphatic carbocycles. The Bertz CT molecular complexity index is 926. The largest absolute Gasteiger partial charge is 0.497 e. The average molecular weight is 351 g/mol. The van der Waals surface area contributed by atoms with E-state index in [2.05, 4.69) is 16.2 Å². The third-order valence-corrected chi connectivity index (χ3v) is 4.52. The zero-order valence-electron chi connectivity index (χ0n) is 13.7. The van der Waals surface area contributed by atoms with Crippen molar-refractivity contribution in [3.63, 3.8) is 0 Å². The van der Waals surface area contributed by atoms with Crippen LogP contribution in [-0.2, 0) is 4.79 Å². The van der Waals surface area contributed by atoms with Crippen LogP contribution in [0.5, 0.6) is 5.75 Å². The number of ether oxygens (including phenoxy) is 1. The predicted molar refractivity (Wildman–Crippen MR) is 100 cm³/mol. The van der Waals surface area contributed by atoms with Gasteiger partial charge in [-0.05, 0) is 36.4 Å². The van der Waals surface area contributed by atoms with Crippen LogP contribution in [-0.4, -0.2) is 34.9 Å². The summed E-state index contributed by atoms with van der Waals surface area (Å²) in [4.78, 5) is 16.5. The maximum absolute atomic E-state index is 11.8. The van der Waals surface area contributed by atoms with Crippen LogP contribution in [0.4, 0.5) is 0 Å². The zero-order chi connectivity index (χ0) is 17.6. The first kappa shape index (κ1) is 16.9. The number of benzene rings is 2. The second kappa shape index (κ2) is 7.77. The van der Waals surface area contributed by atoms with Crippen LogP contribution in [0, 0.1) is 12.3 Å². The van der Waals surface area contributed by atoms with E-state index in [9.17, 15) is 4.79 Å². The van der Waals surface area contributed by atoms with Gasteiger partial charge in [-0.1, -0.05) is 29.8 Å². The Morgan fingerprint density at radius 3 is 2.76 bits per heavy atom. The molecule has 5 nitrogen and oxygen atoms in total. The summed E-state index contributed by atoms with van der Waals surface area (Å²) in [6.07, 6.45) is 5.16. The van der Waals surface area contributed by atoms with Gasteiger partial charge in [0.25, 0.3) is 0 Å². The molecule has 1 N–H and O–H groups in total. The normalized spacial score (nSPS) is 10.4. The number of methoxy groups -OCH3 is 1. The van der Waals surface area contributed by atoms with E-state index in [0.29, 0.717) is 0 Å². The van der Waals surface area contributed by atoms with Gasteiger partial charge in [0.15, 0.2) is 5.16 Å². The van der Waals surface area contributed by atoms with Gasteiger partial charge in [0.2, 0.25) is 5.91 Å². The number of thioether (sulfide) groups is 1. The van der Waals surface area contributed by atoms with Crippen molar-refractivity contribution in [3.8, 4) is 23.8 Å². The highest BCUT2D eigenvalue weighted by atomic mass is 32.2. The van der Waals surface area contributed by atoms with Gasteiger partial charge in [-0.25, -0.2) is 4.98 Å². The van der Waals surface area contributed by atoms with Crippen molar-refractivity contribution in [2.45, 2.75) is 5.16 Å². The van der Waals surface area contributed by atoms with Gasteiger partial charge in [-0.15, -0.1) is 6.42 Å². The number of fused-ring (bicyclic) bond motifs is 1. The highest BCUT2D eigenvalue weighted by Gasteiger charge is 2.14. The molecule has 0 aliphatic heterocycles. The number of imidazole rings is 1. The second-order valence-electron chi connectivity index (χ2n) is 5.19. The van der Waals surface area contributed by atoms with E-state index in [0.717, 1.165) is 27.6 Å². The topological polar surface area (TPSA) is 56.2 Å². The van der Waals surface area contributed by atoms with E-state index in [4.69, 9.17) is 11.2 Å². The molecule has 1 heterocycles. The summed E-state index contributed by atoms with van der Waals surface area (Å²) in [7, 11) is 1.64. The summed E-state index contributed by atoms with van der Waals surface area (Å²) in [6, 6.07) is 15.6. The minimum absolute atomic E-state index is 0.115. The molecule has 1 amide bonds. The van der Waals surface area contributed by atoms with Crippen LogP contribution in [0.25, 0.3) is 16.7 Å². The van der Waals surface area contributed by atoms with Crippen molar-refractivity contribution in [2.75, 3.05) is 19.4 Å². The standard InChI is InChI=1S/C19H17N3O2S/c1-3-12-20-18(23)13-25-19-21-16-6-4-5-7-17(16)22(19)14-8-10-15(24-2)11-9-14/h1,4-11H,12-13H2,2H3,(H,20,23). The molecule has 3 rings (SSSR count). The number of carbonyl (C=O) groups excluding carboxylic acids is 1. The molecule has 0 unspecified atom stereocenters. The number of hydrogen-bond donors (Lipinski definition) is 1. The fourth-order valence-corrected chi connectivity index (χ4v) is 3.27. The maximum Gasteiger partial charge on any atom is 0.231 e. The van der Waals surface area contributed by atoms with Crippen molar-refractivity contribution in [2.24, 2.45) is 0 Å². The second-order valence-corrected chi connectivity index (χ2v) is 6.13. The number of carbonyl (C=O) groups is 1. The van der Waals surface area contributed by atoms with E-state index < -0.39 is 0 Å². The Hall–Kier alpha value is -2.91. The Kier molecular flexibility index (Phi) is 5.26. The predicted octanol–water partition coefficient (Wildman–Crippen LogP) is 2.88. The molecule has 0 fully saturated rings. The van der Waals surface area contributed by atoms with E-state index in [-0.39, 0.29) is 18.2 Å². The molecule has 0 aliphatic rings. The molecular weight excluding hydrogens is 334 g/mol. The van der Waals surface area contributed by atoms with Crippen molar-refractivity contribution < 1.29 is 9.53 Å². The van der Waals surface area contributed by atoms with E-state index in [1.807, 2.05) is 53.1 Å². The van der Waals surface area contributed by atoms with Crippen molar-refractivity contribution in [1.82, 2.24) is 14.9 Å². The number of terminal acetylenes is 1. The number of aromatic nitrogens is 2. The van der Waals surface area contributed by atoms with Crippen molar-refractivity contribution in [3.05, 3.63) is 48.5 Å². The number of hydrogen-bond acceptors (Lipinski definition) is 4. The first-order valence-electron chi connectivity index (χ1n) is 7.68. The van der Waals surface area contributed by atoms with Crippen LogP contribution >= 0.6 is 11.8 Å². The maximum atomic E-state index is 11.8. The molecule has 1 aromatic heterocycles. The smallest absolute Gasteiger partial charge is 0.231 e. The lowest BCUT2D eigenvalue weighted by Crippen LogP contribution is -2.25. The number of nitrogens with zero attached hydrogens (tertiary/aromatic N) is 2. The lowest BCUT2D eigenvalue weighted by atomic mass is 10.2. The fraction of sp³-hybridized carbons (Fsp3) is 0.158. The molecule has 6 heteroatoms. The zero-order valence-corrected chi connectivity index (χ0v) is 14.5. The number of rotatable bonds is 6. The highest BCUT2D eigenvalue weighted by molar-refractivity contribution is 7.99. The van der Waals surface area contributed by atoms with E-state index >= 15 is 0 Å². The molecule has 0 spiro atoms. The van der Waals surface area contributed by atoms with Gasteiger partial charge in [0.1, 0.15) is 5.75 Å². The number of amides is 1. The Morgan fingerprint density at radius 2 is 2.04 bits per heavy atom. The lowest BCUT2D eigenvalue weighted by molar-refractivity contribution is -0.118. The molecular formula is C19H17N3O2S. The van der Waals surface area contributed by atoms with Gasteiger partial charge in [0, 0.05) is 5.69 Å². The van der Waals surface area contributed by atoms with Crippen LogP contribution in [0.3, 0.4) is 0 Å². The van der Waals surface area contributed by atoms with Crippen LogP contribution in [0.1, 0.15) is 0 Å². The number of nitrogens with one attached hydrogen (secondary N) is 1. The summed E-state index contributed by atoms with van der Waals surface area (Å²) in [5.41, 5.74) is 2.82. The molecule has 0 bridgehead atoms. The minimum atomic E-state index is -0.115. The summed E-state index contributed by atoms with van der Waals surface area (Å²) >= 11 is 1.38. The van der Waals surface area contributed by atoms with Gasteiger partial charge >= 0.3 is 0 Å². The quantitative estimate of drug-likeness (QED) is 0.548. The van der Waals surface area contributed by atoms with Gasteiger partial charge < -0.3 is 10.1 Å². The SMILES string of the molecule is C#CCNC(=O)CSc1nc2ccccc2n1-c1ccc(OC)cc1. The molecule has 25 heavy (non-hydrogen) atoms. The average Bonchev–Trinajstić information content (AvgIpc) is 3.03. The Morgan fingerprint density at radius 1 is 1.28 bits per heavy atom. The summed E-state index contributed by atoms with van der Waals surface area (Å²) < 4.78 is 7.26. The highest BCUT2D eigenvalue weighted by Crippen LogP contribution is 2.28. The minimum Gasteiger partial charge on any atom is -0.497 e. The van der Waals surface area contributed by atoms with Crippen LogP contribution in [0.2, 0.25) is 0 Å². The molecule has 2 aromatic carbocycles. The summed E-state index contributed by atoms with van der Waals surface area (Å²) in [6.45, 7) is 0.230. The molecule has 0 radical (unpaired) electrons. The molecule has 0 atom stereocenters. The summed E-state index contributed by atoms with van der Waals surface area (Å²) in [5, 5.41) is 3.41. The molecule has 3 aromatic rings. The first-order valence-corrected chi connectivity index (χ1v) is 8.66. The van der Waals surface area contributed by atoms with E-state index in [1.54, 1.807) is 7.11 Å². The van der Waals surface area contributed by atoms with Gasteiger partial charge in [0.05, 0.1) is 30.4 Å². The molecule has 0 saturated carbocycles. The Labute approximate surface area is 150 Å². The monoisotopic (exact) mass is 351 g/mol. The van der Waals surface area contributed by atoms with Crippen LogP contribution in [0.15, 0.2) is 53.7 Å².